The lowest BCUT2D eigenvalue weighted by atomic mass is 10.1. The molecule has 0 radical (unpaired) electrons. The summed E-state index contributed by atoms with van der Waals surface area (Å²) in [6.45, 7) is 0. The third-order valence-electron chi connectivity index (χ3n) is 2.51. The molecular weight excluding hydrogens is 230 g/mol. The number of nitrogens with zero attached hydrogens (tertiary/aromatic N) is 4. The summed E-state index contributed by atoms with van der Waals surface area (Å²) in [6.07, 6.45) is 2.07. The van der Waals surface area contributed by atoms with E-state index in [0.717, 1.165) is 0 Å². The lowest BCUT2D eigenvalue weighted by molar-refractivity contribution is 0.210. The van der Waals surface area contributed by atoms with Gasteiger partial charge in [0.05, 0.1) is 23.1 Å². The van der Waals surface area contributed by atoms with E-state index >= 15 is 0 Å². The van der Waals surface area contributed by atoms with Gasteiger partial charge in [-0.2, -0.15) is 10.2 Å². The van der Waals surface area contributed by atoms with Crippen molar-refractivity contribution in [2.24, 2.45) is 14.1 Å². The minimum Gasteiger partial charge on any atom is -0.384 e. The van der Waals surface area contributed by atoms with Crippen LogP contribution in [-0.4, -0.2) is 24.7 Å². The molecule has 6 nitrogen and oxygen atoms in total. The standard InChI is InChI=1S/C9H12ClN5O/c1-14-7(6(10)4-13-14)8(16)5-3-12-15(2)9(5)11/h3-4,8,16H,11H2,1-2H3. The number of aryl methyl sites for hydroxylation is 2. The van der Waals surface area contributed by atoms with Crippen molar-refractivity contribution < 1.29 is 5.11 Å². The Balaban J connectivity index is 2.47. The van der Waals surface area contributed by atoms with Gasteiger partial charge in [0.25, 0.3) is 0 Å². The summed E-state index contributed by atoms with van der Waals surface area (Å²) in [5, 5.41) is 18.5. The molecule has 3 N–H and O–H groups in total. The topological polar surface area (TPSA) is 81.9 Å². The van der Waals surface area contributed by atoms with E-state index in [1.54, 1.807) is 14.1 Å². The summed E-state index contributed by atoms with van der Waals surface area (Å²) in [6, 6.07) is 0. The van der Waals surface area contributed by atoms with Gasteiger partial charge in [-0.1, -0.05) is 11.6 Å². The molecule has 16 heavy (non-hydrogen) atoms. The van der Waals surface area contributed by atoms with E-state index in [0.29, 0.717) is 22.1 Å². The van der Waals surface area contributed by atoms with E-state index in [2.05, 4.69) is 10.2 Å². The first kappa shape index (κ1) is 11.0. The number of aliphatic hydroxyl groups excluding tert-OH is 1. The number of nitrogens with two attached hydrogens (primary N) is 1. The van der Waals surface area contributed by atoms with E-state index in [4.69, 9.17) is 17.3 Å². The largest absolute Gasteiger partial charge is 0.384 e. The third-order valence-corrected chi connectivity index (χ3v) is 2.80. The minimum atomic E-state index is -0.923. The highest BCUT2D eigenvalue weighted by atomic mass is 35.5. The lowest BCUT2D eigenvalue weighted by Gasteiger charge is -2.11. The normalized spacial score (nSPS) is 13.0. The van der Waals surface area contributed by atoms with Crippen LogP contribution < -0.4 is 5.73 Å². The minimum absolute atomic E-state index is 0.401. The number of rotatable bonds is 2. The molecule has 0 amide bonds. The van der Waals surface area contributed by atoms with Crippen molar-refractivity contribution in [3.8, 4) is 0 Å². The maximum absolute atomic E-state index is 10.2. The van der Waals surface area contributed by atoms with Crippen LogP contribution in [0.15, 0.2) is 12.4 Å². The zero-order valence-corrected chi connectivity index (χ0v) is 9.68. The lowest BCUT2D eigenvalue weighted by Crippen LogP contribution is -2.09. The predicted octanol–water partition coefficient (Wildman–Crippen LogP) is 0.471. The average Bonchev–Trinajstić information content (AvgIpc) is 2.73. The number of aliphatic hydroxyl groups is 1. The Morgan fingerprint density at radius 3 is 2.38 bits per heavy atom. The second-order valence-electron chi connectivity index (χ2n) is 3.51. The first-order valence-electron chi connectivity index (χ1n) is 4.65. The Morgan fingerprint density at radius 2 is 1.94 bits per heavy atom. The monoisotopic (exact) mass is 241 g/mol. The van der Waals surface area contributed by atoms with Crippen LogP contribution in [0.25, 0.3) is 0 Å². The number of nitrogen functional groups attached to an aromatic ring is 1. The average molecular weight is 242 g/mol. The zero-order chi connectivity index (χ0) is 11.9. The summed E-state index contributed by atoms with van der Waals surface area (Å²) in [7, 11) is 3.41. The van der Waals surface area contributed by atoms with Gasteiger partial charge in [-0.25, -0.2) is 0 Å². The Bertz CT molecular complexity index is 498. The highest BCUT2D eigenvalue weighted by Gasteiger charge is 2.22. The van der Waals surface area contributed by atoms with E-state index in [9.17, 15) is 5.11 Å². The maximum Gasteiger partial charge on any atom is 0.127 e. The van der Waals surface area contributed by atoms with Gasteiger partial charge in [0.2, 0.25) is 0 Å². The fraction of sp³-hybridized carbons (Fsp3) is 0.333. The quantitative estimate of drug-likeness (QED) is 0.801. The Labute approximate surface area is 97.2 Å². The number of aromatic nitrogens is 4. The SMILES string of the molecule is Cn1ncc(C(O)c2c(Cl)cnn2C)c1N. The van der Waals surface area contributed by atoms with Crippen molar-refractivity contribution in [3.05, 3.63) is 28.7 Å². The first-order chi connectivity index (χ1) is 7.52. The predicted molar refractivity (Wildman–Crippen MR) is 59.9 cm³/mol. The van der Waals surface area contributed by atoms with E-state index < -0.39 is 6.10 Å². The molecule has 0 aromatic carbocycles. The van der Waals surface area contributed by atoms with Crippen molar-refractivity contribution in [1.29, 1.82) is 0 Å². The van der Waals surface area contributed by atoms with Crippen LogP contribution in [0.1, 0.15) is 17.4 Å². The van der Waals surface area contributed by atoms with Gasteiger partial charge in [0, 0.05) is 19.7 Å². The number of hydrogen-bond acceptors (Lipinski definition) is 4. The molecule has 0 aliphatic rings. The Hall–Kier alpha value is -1.53. The van der Waals surface area contributed by atoms with Crippen LogP contribution in [-0.2, 0) is 14.1 Å². The van der Waals surface area contributed by atoms with E-state index in [1.165, 1.54) is 21.8 Å². The smallest absolute Gasteiger partial charge is 0.127 e. The van der Waals surface area contributed by atoms with Gasteiger partial charge < -0.3 is 10.8 Å². The second kappa shape index (κ2) is 3.80. The molecule has 0 saturated heterocycles. The molecule has 0 aliphatic heterocycles. The van der Waals surface area contributed by atoms with Gasteiger partial charge in [-0.15, -0.1) is 0 Å². The molecule has 2 rings (SSSR count). The van der Waals surface area contributed by atoms with Gasteiger partial charge in [0.1, 0.15) is 11.9 Å². The van der Waals surface area contributed by atoms with Crippen molar-refractivity contribution >= 4 is 17.4 Å². The maximum atomic E-state index is 10.2. The summed E-state index contributed by atoms with van der Waals surface area (Å²) >= 11 is 5.94. The Kier molecular flexibility index (Phi) is 2.61. The summed E-state index contributed by atoms with van der Waals surface area (Å²) in [4.78, 5) is 0. The van der Waals surface area contributed by atoms with E-state index in [1.807, 2.05) is 0 Å². The van der Waals surface area contributed by atoms with Crippen LogP contribution in [0.2, 0.25) is 5.02 Å². The molecule has 0 bridgehead atoms. The van der Waals surface area contributed by atoms with Crippen LogP contribution >= 0.6 is 11.6 Å². The van der Waals surface area contributed by atoms with Crippen molar-refractivity contribution in [2.75, 3.05) is 5.73 Å². The van der Waals surface area contributed by atoms with E-state index in [-0.39, 0.29) is 0 Å². The highest BCUT2D eigenvalue weighted by Crippen LogP contribution is 2.30. The number of anilines is 1. The molecule has 0 spiro atoms. The van der Waals surface area contributed by atoms with Gasteiger partial charge in [-0.05, 0) is 0 Å². The molecule has 2 heterocycles. The molecule has 0 saturated carbocycles. The van der Waals surface area contributed by atoms with Crippen LogP contribution in [0.4, 0.5) is 5.82 Å². The number of halogens is 1. The molecule has 1 unspecified atom stereocenters. The molecule has 7 heteroatoms. The number of hydrogen-bond donors (Lipinski definition) is 2. The summed E-state index contributed by atoms with van der Waals surface area (Å²) in [5.41, 5.74) is 6.80. The highest BCUT2D eigenvalue weighted by molar-refractivity contribution is 6.31. The summed E-state index contributed by atoms with van der Waals surface area (Å²) < 4.78 is 3.00. The van der Waals surface area contributed by atoms with Gasteiger partial charge in [0.15, 0.2) is 0 Å². The fourth-order valence-corrected chi connectivity index (χ4v) is 1.82. The third kappa shape index (κ3) is 1.56. The van der Waals surface area contributed by atoms with Crippen molar-refractivity contribution in [1.82, 2.24) is 19.6 Å². The van der Waals surface area contributed by atoms with Crippen LogP contribution in [0.3, 0.4) is 0 Å². The molecule has 0 fully saturated rings. The fourth-order valence-electron chi connectivity index (χ4n) is 1.55. The zero-order valence-electron chi connectivity index (χ0n) is 8.92. The summed E-state index contributed by atoms with van der Waals surface area (Å²) in [5.74, 6) is 0.407. The Morgan fingerprint density at radius 1 is 1.31 bits per heavy atom. The van der Waals surface area contributed by atoms with Crippen molar-refractivity contribution in [2.45, 2.75) is 6.10 Å². The van der Waals surface area contributed by atoms with Crippen molar-refractivity contribution in [3.63, 3.8) is 0 Å². The molecule has 86 valence electrons. The molecular formula is C9H12ClN5O. The molecule has 2 aromatic rings. The second-order valence-corrected chi connectivity index (χ2v) is 3.92. The van der Waals surface area contributed by atoms with Gasteiger partial charge in [-0.3, -0.25) is 9.36 Å². The molecule has 2 aromatic heterocycles. The van der Waals surface area contributed by atoms with Gasteiger partial charge >= 0.3 is 0 Å². The molecule has 1 atom stereocenters. The van der Waals surface area contributed by atoms with Crippen LogP contribution in [0, 0.1) is 0 Å². The van der Waals surface area contributed by atoms with Crippen LogP contribution in [0.5, 0.6) is 0 Å². The molecule has 0 aliphatic carbocycles. The first-order valence-corrected chi connectivity index (χ1v) is 5.03.